The maximum Gasteiger partial charge on any atom is 0.129 e. The largest absolute Gasteiger partial charge is 0.370 e. The van der Waals surface area contributed by atoms with Crippen molar-refractivity contribution in [2.45, 2.75) is 6.54 Å². The second kappa shape index (κ2) is 5.55. The standard InChI is InChI=1S/C12H17FN2S/c1-14-9-10-11(13)3-2-4-12(10)15-5-7-16-8-6-15/h2-4,14H,5-9H2,1H3. The second-order valence-corrected chi connectivity index (χ2v) is 5.09. The normalized spacial score (nSPS) is 16.5. The van der Waals surface area contributed by atoms with Gasteiger partial charge < -0.3 is 10.2 Å². The second-order valence-electron chi connectivity index (χ2n) is 3.87. The average Bonchev–Trinajstić information content (AvgIpc) is 2.33. The first-order valence-corrected chi connectivity index (χ1v) is 6.73. The fraction of sp³-hybridized carbons (Fsp3) is 0.500. The molecule has 16 heavy (non-hydrogen) atoms. The number of benzene rings is 1. The maximum atomic E-state index is 13.7. The molecule has 1 heterocycles. The van der Waals surface area contributed by atoms with Crippen LogP contribution in [0, 0.1) is 5.82 Å². The molecular weight excluding hydrogens is 223 g/mol. The minimum absolute atomic E-state index is 0.106. The summed E-state index contributed by atoms with van der Waals surface area (Å²) in [5.74, 6) is 2.16. The Bertz CT molecular complexity index is 351. The summed E-state index contributed by atoms with van der Waals surface area (Å²) < 4.78 is 13.7. The minimum atomic E-state index is -0.106. The van der Waals surface area contributed by atoms with Gasteiger partial charge in [-0.05, 0) is 19.2 Å². The van der Waals surface area contributed by atoms with Crippen molar-refractivity contribution in [1.82, 2.24) is 5.32 Å². The van der Waals surface area contributed by atoms with Gasteiger partial charge in [0.25, 0.3) is 0 Å². The van der Waals surface area contributed by atoms with Crippen LogP contribution in [0.5, 0.6) is 0 Å². The number of hydrogen-bond donors (Lipinski definition) is 1. The van der Waals surface area contributed by atoms with Crippen LogP contribution in [0.2, 0.25) is 0 Å². The topological polar surface area (TPSA) is 15.3 Å². The van der Waals surface area contributed by atoms with Crippen LogP contribution in [0.4, 0.5) is 10.1 Å². The first kappa shape index (κ1) is 11.7. The van der Waals surface area contributed by atoms with E-state index in [4.69, 9.17) is 0 Å². The number of rotatable bonds is 3. The Morgan fingerprint density at radius 3 is 2.81 bits per heavy atom. The summed E-state index contributed by atoms with van der Waals surface area (Å²) in [4.78, 5) is 2.28. The van der Waals surface area contributed by atoms with Crippen LogP contribution in [0.1, 0.15) is 5.56 Å². The summed E-state index contributed by atoms with van der Waals surface area (Å²) in [6, 6.07) is 5.35. The van der Waals surface area contributed by atoms with Crippen LogP contribution >= 0.6 is 11.8 Å². The highest BCUT2D eigenvalue weighted by Gasteiger charge is 2.16. The lowest BCUT2D eigenvalue weighted by molar-refractivity contribution is 0.599. The molecule has 0 atom stereocenters. The molecule has 2 rings (SSSR count). The highest BCUT2D eigenvalue weighted by atomic mass is 32.2. The van der Waals surface area contributed by atoms with Crippen molar-refractivity contribution >= 4 is 17.4 Å². The molecule has 0 aliphatic carbocycles. The van der Waals surface area contributed by atoms with E-state index >= 15 is 0 Å². The molecule has 0 bridgehead atoms. The van der Waals surface area contributed by atoms with E-state index in [9.17, 15) is 4.39 Å². The number of thioether (sulfide) groups is 1. The third kappa shape index (κ3) is 2.50. The molecule has 0 radical (unpaired) electrons. The summed E-state index contributed by atoms with van der Waals surface area (Å²) in [6.45, 7) is 2.63. The Labute approximate surface area is 100 Å². The summed E-state index contributed by atoms with van der Waals surface area (Å²) in [6.07, 6.45) is 0. The van der Waals surface area contributed by atoms with Crippen molar-refractivity contribution in [3.8, 4) is 0 Å². The number of nitrogens with one attached hydrogen (secondary N) is 1. The van der Waals surface area contributed by atoms with Gasteiger partial charge in [0, 0.05) is 42.4 Å². The van der Waals surface area contributed by atoms with Gasteiger partial charge in [-0.2, -0.15) is 11.8 Å². The lowest BCUT2D eigenvalue weighted by Gasteiger charge is -2.30. The quantitative estimate of drug-likeness (QED) is 0.871. The van der Waals surface area contributed by atoms with E-state index < -0.39 is 0 Å². The molecule has 0 spiro atoms. The molecule has 1 saturated heterocycles. The first-order valence-electron chi connectivity index (χ1n) is 5.57. The molecule has 0 saturated carbocycles. The molecule has 4 heteroatoms. The van der Waals surface area contributed by atoms with Gasteiger partial charge in [-0.25, -0.2) is 4.39 Å². The highest BCUT2D eigenvalue weighted by molar-refractivity contribution is 7.99. The predicted molar refractivity (Wildman–Crippen MR) is 68.7 cm³/mol. The Morgan fingerprint density at radius 1 is 1.38 bits per heavy atom. The molecule has 2 nitrogen and oxygen atoms in total. The molecule has 0 aromatic heterocycles. The van der Waals surface area contributed by atoms with E-state index in [-0.39, 0.29) is 5.82 Å². The van der Waals surface area contributed by atoms with Crippen molar-refractivity contribution in [3.05, 3.63) is 29.6 Å². The SMILES string of the molecule is CNCc1c(F)cccc1N1CCSCC1. The van der Waals surface area contributed by atoms with Gasteiger partial charge in [-0.15, -0.1) is 0 Å². The van der Waals surface area contributed by atoms with E-state index in [2.05, 4.69) is 10.2 Å². The third-order valence-corrected chi connectivity index (χ3v) is 3.74. The minimum Gasteiger partial charge on any atom is -0.370 e. The van der Waals surface area contributed by atoms with Crippen molar-refractivity contribution in [1.29, 1.82) is 0 Å². The van der Waals surface area contributed by atoms with Crippen molar-refractivity contribution in [2.75, 3.05) is 36.5 Å². The number of hydrogen-bond acceptors (Lipinski definition) is 3. The van der Waals surface area contributed by atoms with E-state index in [1.165, 1.54) is 6.07 Å². The molecule has 1 N–H and O–H groups in total. The van der Waals surface area contributed by atoms with Crippen LogP contribution in [-0.4, -0.2) is 31.6 Å². The highest BCUT2D eigenvalue weighted by Crippen LogP contribution is 2.25. The van der Waals surface area contributed by atoms with Crippen LogP contribution < -0.4 is 10.2 Å². The van der Waals surface area contributed by atoms with Gasteiger partial charge in [0.1, 0.15) is 5.82 Å². The molecular formula is C12H17FN2S. The monoisotopic (exact) mass is 240 g/mol. The van der Waals surface area contributed by atoms with E-state index in [0.717, 1.165) is 35.8 Å². The van der Waals surface area contributed by atoms with E-state index in [1.54, 1.807) is 6.07 Å². The molecule has 1 aliphatic heterocycles. The number of nitrogens with zero attached hydrogens (tertiary/aromatic N) is 1. The molecule has 1 aromatic carbocycles. The number of halogens is 1. The lowest BCUT2D eigenvalue weighted by Crippen LogP contribution is -2.33. The third-order valence-electron chi connectivity index (χ3n) is 2.80. The van der Waals surface area contributed by atoms with Gasteiger partial charge in [0.2, 0.25) is 0 Å². The van der Waals surface area contributed by atoms with Gasteiger partial charge in [-0.1, -0.05) is 6.07 Å². The Hall–Kier alpha value is -0.740. The fourth-order valence-corrected chi connectivity index (χ4v) is 2.90. The predicted octanol–water partition coefficient (Wildman–Crippen LogP) is 2.10. The Kier molecular flexibility index (Phi) is 4.07. The van der Waals surface area contributed by atoms with Gasteiger partial charge in [0.15, 0.2) is 0 Å². The summed E-state index contributed by atoms with van der Waals surface area (Å²) in [5.41, 5.74) is 1.84. The smallest absolute Gasteiger partial charge is 0.129 e. The first-order chi connectivity index (χ1) is 7.83. The van der Waals surface area contributed by atoms with Crippen LogP contribution in [0.15, 0.2) is 18.2 Å². The van der Waals surface area contributed by atoms with Crippen LogP contribution in [-0.2, 0) is 6.54 Å². The van der Waals surface area contributed by atoms with Gasteiger partial charge in [-0.3, -0.25) is 0 Å². The summed E-state index contributed by atoms with van der Waals surface area (Å²) in [5, 5.41) is 3.03. The zero-order chi connectivity index (χ0) is 11.4. The molecule has 1 fully saturated rings. The van der Waals surface area contributed by atoms with Crippen LogP contribution in [0.3, 0.4) is 0 Å². The summed E-state index contributed by atoms with van der Waals surface area (Å²) in [7, 11) is 1.85. The summed E-state index contributed by atoms with van der Waals surface area (Å²) >= 11 is 1.97. The maximum absolute atomic E-state index is 13.7. The zero-order valence-corrected chi connectivity index (χ0v) is 10.3. The van der Waals surface area contributed by atoms with Crippen LogP contribution in [0.25, 0.3) is 0 Å². The molecule has 1 aromatic rings. The zero-order valence-electron chi connectivity index (χ0n) is 9.50. The average molecular weight is 240 g/mol. The molecule has 0 amide bonds. The van der Waals surface area contributed by atoms with Crippen molar-refractivity contribution in [2.24, 2.45) is 0 Å². The van der Waals surface area contributed by atoms with E-state index in [1.807, 2.05) is 24.9 Å². The lowest BCUT2D eigenvalue weighted by atomic mass is 10.1. The molecule has 1 aliphatic rings. The molecule has 0 unspecified atom stereocenters. The molecule has 88 valence electrons. The van der Waals surface area contributed by atoms with Crippen molar-refractivity contribution in [3.63, 3.8) is 0 Å². The fourth-order valence-electron chi connectivity index (χ4n) is 2.00. The Morgan fingerprint density at radius 2 is 2.12 bits per heavy atom. The van der Waals surface area contributed by atoms with Crippen molar-refractivity contribution < 1.29 is 4.39 Å². The van der Waals surface area contributed by atoms with Gasteiger partial charge in [0.05, 0.1) is 0 Å². The number of anilines is 1. The van der Waals surface area contributed by atoms with E-state index in [0.29, 0.717) is 6.54 Å². The van der Waals surface area contributed by atoms with Gasteiger partial charge >= 0.3 is 0 Å². The Balaban J connectivity index is 2.27.